The van der Waals surface area contributed by atoms with Crippen molar-refractivity contribution in [2.45, 2.75) is 18.4 Å². The number of carbonyl (C=O) groups excluding carboxylic acids is 1. The molecule has 27 heavy (non-hydrogen) atoms. The predicted octanol–water partition coefficient (Wildman–Crippen LogP) is 3.68. The highest BCUT2D eigenvalue weighted by atomic mass is 16.5. The van der Waals surface area contributed by atoms with Gasteiger partial charge in [0.25, 0.3) is 0 Å². The molecule has 1 aliphatic carbocycles. The Morgan fingerprint density at radius 1 is 1.19 bits per heavy atom. The number of hydrogen-bond acceptors (Lipinski definition) is 4. The summed E-state index contributed by atoms with van der Waals surface area (Å²) in [5.74, 6) is -1.44. The molecule has 0 fully saturated rings. The van der Waals surface area contributed by atoms with E-state index in [2.05, 4.69) is 15.3 Å². The van der Waals surface area contributed by atoms with E-state index in [0.717, 1.165) is 22.3 Å². The van der Waals surface area contributed by atoms with Crippen LogP contribution in [0.1, 0.15) is 24.0 Å². The van der Waals surface area contributed by atoms with Crippen molar-refractivity contribution in [3.63, 3.8) is 0 Å². The highest BCUT2D eigenvalue weighted by Gasteiger charge is 2.35. The van der Waals surface area contributed by atoms with Crippen LogP contribution in [0.3, 0.4) is 0 Å². The highest BCUT2D eigenvalue weighted by molar-refractivity contribution is 5.84. The molecule has 8 heteroatoms. The molecule has 0 saturated heterocycles. The standard InChI is InChI=1S/C19H18N4O4/c1-19(17(24)25,11-21-23-20)22-18(26)27-10-16-14-8-4-2-6-12(14)13-7-3-5-9-15(13)16/h2-9,16H,10-11H2,1H3,(H,22,26)(H,24,25). The summed E-state index contributed by atoms with van der Waals surface area (Å²) in [7, 11) is 0. The molecule has 0 saturated carbocycles. The number of hydrogen-bond donors (Lipinski definition) is 2. The fraction of sp³-hybridized carbons (Fsp3) is 0.263. The average Bonchev–Trinajstić information content (AvgIpc) is 2.98. The molecule has 2 N–H and O–H groups in total. The summed E-state index contributed by atoms with van der Waals surface area (Å²) in [4.78, 5) is 26.1. The number of nitrogens with zero attached hydrogens (tertiary/aromatic N) is 3. The van der Waals surface area contributed by atoms with Gasteiger partial charge in [0.2, 0.25) is 0 Å². The van der Waals surface area contributed by atoms with Crippen molar-refractivity contribution >= 4 is 12.1 Å². The summed E-state index contributed by atoms with van der Waals surface area (Å²) >= 11 is 0. The van der Waals surface area contributed by atoms with E-state index in [1.807, 2.05) is 48.5 Å². The molecule has 2 aromatic rings. The van der Waals surface area contributed by atoms with Crippen molar-refractivity contribution in [2.75, 3.05) is 13.2 Å². The molecule has 0 spiro atoms. The Hall–Kier alpha value is -3.51. The van der Waals surface area contributed by atoms with Crippen LogP contribution in [0.4, 0.5) is 4.79 Å². The average molecular weight is 366 g/mol. The largest absolute Gasteiger partial charge is 0.480 e. The first-order valence-corrected chi connectivity index (χ1v) is 8.33. The number of amides is 1. The second kappa shape index (κ2) is 7.39. The number of carboxylic acid groups (broad SMARTS) is 1. The summed E-state index contributed by atoms with van der Waals surface area (Å²) < 4.78 is 5.32. The highest BCUT2D eigenvalue weighted by Crippen LogP contribution is 2.44. The van der Waals surface area contributed by atoms with Crippen molar-refractivity contribution in [3.8, 4) is 11.1 Å². The zero-order valence-corrected chi connectivity index (χ0v) is 14.6. The lowest BCUT2D eigenvalue weighted by molar-refractivity contribution is -0.143. The molecule has 3 rings (SSSR count). The number of azide groups is 1. The second-order valence-electron chi connectivity index (χ2n) is 6.48. The first-order valence-electron chi connectivity index (χ1n) is 8.33. The van der Waals surface area contributed by atoms with Gasteiger partial charge in [0.1, 0.15) is 12.1 Å². The Morgan fingerprint density at radius 2 is 1.74 bits per heavy atom. The van der Waals surface area contributed by atoms with Gasteiger partial charge in [-0.3, -0.25) is 0 Å². The van der Waals surface area contributed by atoms with Crippen LogP contribution in [0.2, 0.25) is 0 Å². The van der Waals surface area contributed by atoms with Crippen molar-refractivity contribution in [2.24, 2.45) is 5.11 Å². The number of ether oxygens (including phenoxy) is 1. The molecule has 1 amide bonds. The third-order valence-corrected chi connectivity index (χ3v) is 4.64. The fourth-order valence-corrected chi connectivity index (χ4v) is 3.19. The number of aliphatic carboxylic acids is 1. The maximum absolute atomic E-state index is 12.2. The van der Waals surface area contributed by atoms with E-state index in [-0.39, 0.29) is 12.5 Å². The smallest absolute Gasteiger partial charge is 0.408 e. The molecule has 1 aliphatic rings. The van der Waals surface area contributed by atoms with Crippen LogP contribution in [-0.2, 0) is 9.53 Å². The molecule has 138 valence electrons. The van der Waals surface area contributed by atoms with Crippen molar-refractivity contribution in [3.05, 3.63) is 70.1 Å². The van der Waals surface area contributed by atoms with Gasteiger partial charge in [-0.1, -0.05) is 53.6 Å². The van der Waals surface area contributed by atoms with Gasteiger partial charge < -0.3 is 15.2 Å². The summed E-state index contributed by atoms with van der Waals surface area (Å²) in [6, 6.07) is 15.8. The quantitative estimate of drug-likeness (QED) is 0.459. The number of carboxylic acids is 1. The zero-order valence-electron chi connectivity index (χ0n) is 14.6. The van der Waals surface area contributed by atoms with E-state index in [4.69, 9.17) is 10.3 Å². The van der Waals surface area contributed by atoms with Gasteiger partial charge in [-0.05, 0) is 34.7 Å². The number of alkyl carbamates (subject to hydrolysis) is 1. The molecular formula is C19H18N4O4. The van der Waals surface area contributed by atoms with Gasteiger partial charge in [-0.15, -0.1) is 0 Å². The van der Waals surface area contributed by atoms with E-state index < -0.39 is 24.1 Å². The minimum absolute atomic E-state index is 0.0665. The first-order chi connectivity index (χ1) is 13.0. The molecule has 2 aromatic carbocycles. The molecule has 1 unspecified atom stereocenters. The lowest BCUT2D eigenvalue weighted by atomic mass is 9.98. The molecule has 0 aromatic heterocycles. The van der Waals surface area contributed by atoms with E-state index in [0.29, 0.717) is 0 Å². The Morgan fingerprint density at radius 3 is 2.26 bits per heavy atom. The van der Waals surface area contributed by atoms with Crippen LogP contribution >= 0.6 is 0 Å². The maximum Gasteiger partial charge on any atom is 0.408 e. The van der Waals surface area contributed by atoms with Gasteiger partial charge >= 0.3 is 12.1 Å². The summed E-state index contributed by atoms with van der Waals surface area (Å²) in [6.07, 6.45) is -0.880. The Labute approximate surface area is 155 Å². The molecule has 8 nitrogen and oxygen atoms in total. The van der Waals surface area contributed by atoms with Gasteiger partial charge in [-0.2, -0.15) is 0 Å². The molecule has 0 heterocycles. The Bertz CT molecular complexity index is 893. The molecule has 0 bridgehead atoms. The number of carbonyl (C=O) groups is 2. The third kappa shape index (κ3) is 3.56. The predicted molar refractivity (Wildman–Crippen MR) is 98.3 cm³/mol. The Balaban J connectivity index is 1.74. The number of benzene rings is 2. The van der Waals surface area contributed by atoms with E-state index >= 15 is 0 Å². The van der Waals surface area contributed by atoms with Gasteiger partial charge in [0.05, 0.1) is 6.54 Å². The minimum atomic E-state index is -1.74. The van der Waals surface area contributed by atoms with E-state index in [1.165, 1.54) is 6.92 Å². The van der Waals surface area contributed by atoms with Gasteiger partial charge in [0.15, 0.2) is 0 Å². The van der Waals surface area contributed by atoms with E-state index in [1.54, 1.807) is 0 Å². The van der Waals surface area contributed by atoms with Crippen LogP contribution in [-0.4, -0.2) is 35.9 Å². The second-order valence-corrected chi connectivity index (χ2v) is 6.48. The topological polar surface area (TPSA) is 124 Å². The van der Waals surface area contributed by atoms with Crippen LogP contribution in [0.5, 0.6) is 0 Å². The zero-order chi connectivity index (χ0) is 19.4. The lowest BCUT2D eigenvalue weighted by Gasteiger charge is -2.24. The monoisotopic (exact) mass is 366 g/mol. The lowest BCUT2D eigenvalue weighted by Crippen LogP contribution is -2.54. The van der Waals surface area contributed by atoms with Crippen molar-refractivity contribution in [1.82, 2.24) is 5.32 Å². The normalized spacial score (nSPS) is 14.3. The summed E-state index contributed by atoms with van der Waals surface area (Å²) in [5, 5.41) is 14.8. The summed E-state index contributed by atoms with van der Waals surface area (Å²) in [6.45, 7) is 0.894. The molecular weight excluding hydrogens is 348 g/mol. The Kier molecular flexibility index (Phi) is 5.00. The van der Waals surface area contributed by atoms with Gasteiger partial charge in [0, 0.05) is 10.8 Å². The molecule has 1 atom stereocenters. The van der Waals surface area contributed by atoms with Crippen LogP contribution in [0.25, 0.3) is 21.6 Å². The number of rotatable bonds is 6. The maximum atomic E-state index is 12.2. The summed E-state index contributed by atoms with van der Waals surface area (Å²) in [5.41, 5.74) is 11.0. The fourth-order valence-electron chi connectivity index (χ4n) is 3.19. The van der Waals surface area contributed by atoms with Gasteiger partial charge in [-0.25, -0.2) is 9.59 Å². The van der Waals surface area contributed by atoms with Crippen LogP contribution < -0.4 is 5.32 Å². The molecule has 0 radical (unpaired) electrons. The number of nitrogens with one attached hydrogen (secondary N) is 1. The molecule has 0 aliphatic heterocycles. The van der Waals surface area contributed by atoms with Crippen LogP contribution in [0.15, 0.2) is 53.6 Å². The number of fused-ring (bicyclic) bond motifs is 3. The first kappa shape index (κ1) is 18.3. The van der Waals surface area contributed by atoms with Crippen molar-refractivity contribution < 1.29 is 19.4 Å². The van der Waals surface area contributed by atoms with Crippen LogP contribution in [0, 0.1) is 0 Å². The van der Waals surface area contributed by atoms with E-state index in [9.17, 15) is 14.7 Å². The van der Waals surface area contributed by atoms with Crippen molar-refractivity contribution in [1.29, 1.82) is 0 Å². The third-order valence-electron chi connectivity index (χ3n) is 4.64. The minimum Gasteiger partial charge on any atom is -0.480 e. The SMILES string of the molecule is CC(CN=[N+]=[N-])(NC(=O)OCC1c2ccccc2-c2ccccc21)C(=O)O.